The first-order chi connectivity index (χ1) is 8.02. The summed E-state index contributed by atoms with van der Waals surface area (Å²) in [5, 5.41) is 11.3. The average molecular weight is 243 g/mol. The largest absolute Gasteiger partial charge is 0.480 e. The summed E-state index contributed by atoms with van der Waals surface area (Å²) in [6.07, 6.45) is 2.83. The van der Waals surface area contributed by atoms with Crippen molar-refractivity contribution in [3.63, 3.8) is 0 Å². The number of hydrogen-bond acceptors (Lipinski definition) is 3. The minimum absolute atomic E-state index is 0.394. The van der Waals surface area contributed by atoms with E-state index in [-0.39, 0.29) is 0 Å². The molecule has 0 aromatic carbocycles. The van der Waals surface area contributed by atoms with Crippen molar-refractivity contribution in [3.05, 3.63) is 12.7 Å². The summed E-state index contributed by atoms with van der Waals surface area (Å²) in [4.78, 5) is 22.4. The standard InChI is InChI=1S/C12H21NO4/c1-4-6-8-17-9(3)11(14)13-10(7-5-2)12(15)16/h4,9-10H,1,5-8H2,2-3H3,(H,13,14)(H,15,16). The normalized spacial score (nSPS) is 13.8. The van der Waals surface area contributed by atoms with Crippen LogP contribution >= 0.6 is 0 Å². The van der Waals surface area contributed by atoms with Crippen molar-refractivity contribution in [1.82, 2.24) is 5.32 Å². The van der Waals surface area contributed by atoms with Gasteiger partial charge in [0.05, 0.1) is 6.61 Å². The molecule has 0 fully saturated rings. The number of amides is 1. The molecule has 0 aliphatic heterocycles. The van der Waals surface area contributed by atoms with E-state index >= 15 is 0 Å². The molecule has 0 heterocycles. The lowest BCUT2D eigenvalue weighted by molar-refractivity contribution is -0.144. The quantitative estimate of drug-likeness (QED) is 0.473. The van der Waals surface area contributed by atoms with Crippen molar-refractivity contribution < 1.29 is 19.4 Å². The molecule has 1 amide bonds. The molecule has 5 heteroatoms. The smallest absolute Gasteiger partial charge is 0.326 e. The molecule has 5 nitrogen and oxygen atoms in total. The molecule has 0 aliphatic carbocycles. The number of carboxylic acid groups (broad SMARTS) is 1. The number of carboxylic acids is 1. The van der Waals surface area contributed by atoms with E-state index in [1.165, 1.54) is 0 Å². The SMILES string of the molecule is C=CCCOC(C)C(=O)NC(CCC)C(=O)O. The Morgan fingerprint density at radius 1 is 1.53 bits per heavy atom. The minimum atomic E-state index is -1.02. The molecule has 0 rings (SSSR count). The van der Waals surface area contributed by atoms with Crippen molar-refractivity contribution in [2.24, 2.45) is 0 Å². The second-order valence-electron chi connectivity index (χ2n) is 3.78. The highest BCUT2D eigenvalue weighted by Gasteiger charge is 2.22. The Labute approximate surface area is 102 Å². The van der Waals surface area contributed by atoms with Crippen LogP contribution in [0.3, 0.4) is 0 Å². The Hall–Kier alpha value is -1.36. The third-order valence-corrected chi connectivity index (χ3v) is 2.25. The van der Waals surface area contributed by atoms with E-state index in [0.717, 1.165) is 0 Å². The molecule has 17 heavy (non-hydrogen) atoms. The van der Waals surface area contributed by atoms with Crippen molar-refractivity contribution in [2.45, 2.75) is 45.3 Å². The average Bonchev–Trinajstić information content (AvgIpc) is 2.28. The molecule has 2 N–H and O–H groups in total. The van der Waals surface area contributed by atoms with Gasteiger partial charge < -0.3 is 15.2 Å². The molecule has 2 atom stereocenters. The van der Waals surface area contributed by atoms with Gasteiger partial charge in [-0.05, 0) is 19.8 Å². The van der Waals surface area contributed by atoms with Crippen LogP contribution in [-0.2, 0) is 14.3 Å². The molecular weight excluding hydrogens is 222 g/mol. The summed E-state index contributed by atoms with van der Waals surface area (Å²) in [7, 11) is 0. The van der Waals surface area contributed by atoms with Crippen LogP contribution in [0.4, 0.5) is 0 Å². The second kappa shape index (κ2) is 8.75. The molecule has 0 aromatic heterocycles. The summed E-state index contributed by atoms with van der Waals surface area (Å²) in [5.74, 6) is -1.41. The number of carbonyl (C=O) groups is 2. The highest BCUT2D eigenvalue weighted by molar-refractivity contribution is 5.85. The predicted octanol–water partition coefficient (Wildman–Crippen LogP) is 1.34. The van der Waals surface area contributed by atoms with Gasteiger partial charge in [0.25, 0.3) is 0 Å². The molecule has 0 saturated heterocycles. The maximum Gasteiger partial charge on any atom is 0.326 e. The zero-order valence-electron chi connectivity index (χ0n) is 10.4. The fourth-order valence-corrected chi connectivity index (χ4v) is 1.24. The summed E-state index contributed by atoms with van der Waals surface area (Å²) < 4.78 is 5.23. The Kier molecular flexibility index (Phi) is 8.05. The second-order valence-corrected chi connectivity index (χ2v) is 3.78. The van der Waals surface area contributed by atoms with E-state index in [9.17, 15) is 9.59 Å². The first-order valence-corrected chi connectivity index (χ1v) is 5.78. The van der Waals surface area contributed by atoms with Gasteiger partial charge in [-0.25, -0.2) is 4.79 Å². The Morgan fingerprint density at radius 2 is 2.18 bits per heavy atom. The van der Waals surface area contributed by atoms with Crippen LogP contribution in [-0.4, -0.2) is 35.7 Å². The van der Waals surface area contributed by atoms with Crippen LogP contribution in [0, 0.1) is 0 Å². The number of carbonyl (C=O) groups excluding carboxylic acids is 1. The first kappa shape index (κ1) is 15.6. The molecule has 0 aromatic rings. The molecular formula is C12H21NO4. The van der Waals surface area contributed by atoms with Gasteiger partial charge in [-0.1, -0.05) is 19.4 Å². The van der Waals surface area contributed by atoms with Crippen LogP contribution < -0.4 is 5.32 Å². The van der Waals surface area contributed by atoms with E-state index in [1.807, 2.05) is 6.92 Å². The van der Waals surface area contributed by atoms with Crippen molar-refractivity contribution >= 4 is 11.9 Å². The van der Waals surface area contributed by atoms with Crippen LogP contribution in [0.1, 0.15) is 33.1 Å². The van der Waals surface area contributed by atoms with E-state index in [0.29, 0.717) is 25.9 Å². The fraction of sp³-hybridized carbons (Fsp3) is 0.667. The summed E-state index contributed by atoms with van der Waals surface area (Å²) in [5.41, 5.74) is 0. The Morgan fingerprint density at radius 3 is 2.65 bits per heavy atom. The lowest BCUT2D eigenvalue weighted by atomic mass is 10.1. The Balaban J connectivity index is 4.10. The van der Waals surface area contributed by atoms with Crippen molar-refractivity contribution in [1.29, 1.82) is 0 Å². The summed E-state index contributed by atoms with van der Waals surface area (Å²) >= 11 is 0. The number of hydrogen-bond donors (Lipinski definition) is 2. The lowest BCUT2D eigenvalue weighted by Crippen LogP contribution is -2.45. The van der Waals surface area contributed by atoms with Crippen molar-refractivity contribution in [3.8, 4) is 0 Å². The van der Waals surface area contributed by atoms with Gasteiger partial charge in [-0.3, -0.25) is 4.79 Å². The van der Waals surface area contributed by atoms with Crippen LogP contribution in [0.2, 0.25) is 0 Å². The number of rotatable bonds is 9. The summed E-state index contributed by atoms with van der Waals surface area (Å²) in [6.45, 7) is 7.41. The van der Waals surface area contributed by atoms with E-state index < -0.39 is 24.0 Å². The summed E-state index contributed by atoms with van der Waals surface area (Å²) in [6, 6.07) is -0.835. The van der Waals surface area contributed by atoms with Gasteiger partial charge in [0.15, 0.2) is 0 Å². The predicted molar refractivity (Wildman–Crippen MR) is 64.7 cm³/mol. The minimum Gasteiger partial charge on any atom is -0.480 e. The van der Waals surface area contributed by atoms with E-state index in [4.69, 9.17) is 9.84 Å². The molecule has 0 spiro atoms. The number of aliphatic carboxylic acids is 1. The van der Waals surface area contributed by atoms with Gasteiger partial charge in [0, 0.05) is 0 Å². The van der Waals surface area contributed by atoms with E-state index in [2.05, 4.69) is 11.9 Å². The maximum absolute atomic E-state index is 11.6. The third-order valence-electron chi connectivity index (χ3n) is 2.25. The van der Waals surface area contributed by atoms with Crippen molar-refractivity contribution in [2.75, 3.05) is 6.61 Å². The monoisotopic (exact) mass is 243 g/mol. The van der Waals surface area contributed by atoms with Gasteiger partial charge >= 0.3 is 5.97 Å². The van der Waals surface area contributed by atoms with Gasteiger partial charge in [0.1, 0.15) is 12.1 Å². The topological polar surface area (TPSA) is 75.6 Å². The number of ether oxygens (including phenoxy) is 1. The maximum atomic E-state index is 11.6. The van der Waals surface area contributed by atoms with E-state index in [1.54, 1.807) is 13.0 Å². The highest BCUT2D eigenvalue weighted by Crippen LogP contribution is 2.00. The third kappa shape index (κ3) is 6.73. The molecule has 98 valence electrons. The molecule has 2 unspecified atom stereocenters. The lowest BCUT2D eigenvalue weighted by Gasteiger charge is -2.17. The fourth-order valence-electron chi connectivity index (χ4n) is 1.24. The highest BCUT2D eigenvalue weighted by atomic mass is 16.5. The van der Waals surface area contributed by atoms with Gasteiger partial charge in [-0.2, -0.15) is 0 Å². The van der Waals surface area contributed by atoms with Crippen LogP contribution in [0.25, 0.3) is 0 Å². The molecule has 0 radical (unpaired) electrons. The zero-order chi connectivity index (χ0) is 13.3. The van der Waals surface area contributed by atoms with Crippen LogP contribution in [0.5, 0.6) is 0 Å². The zero-order valence-corrected chi connectivity index (χ0v) is 10.4. The molecule has 0 saturated carbocycles. The first-order valence-electron chi connectivity index (χ1n) is 5.78. The van der Waals surface area contributed by atoms with Crippen LogP contribution in [0.15, 0.2) is 12.7 Å². The molecule has 0 bridgehead atoms. The van der Waals surface area contributed by atoms with Gasteiger partial charge in [-0.15, -0.1) is 6.58 Å². The molecule has 0 aliphatic rings. The number of nitrogens with one attached hydrogen (secondary N) is 1. The Bertz CT molecular complexity index is 265. The van der Waals surface area contributed by atoms with Gasteiger partial charge in [0.2, 0.25) is 5.91 Å².